The maximum absolute atomic E-state index is 10.2. The average Bonchev–Trinajstić information content (AvgIpc) is 2.31. The molecule has 0 bridgehead atoms. The molecular weight excluding hydrogens is 188 g/mol. The third kappa shape index (κ3) is 3.09. The zero-order valence-corrected chi connectivity index (χ0v) is 8.94. The molecule has 0 aliphatic rings. The van der Waals surface area contributed by atoms with Gasteiger partial charge >= 0.3 is 0 Å². The van der Waals surface area contributed by atoms with Crippen LogP contribution in [0.3, 0.4) is 0 Å². The van der Waals surface area contributed by atoms with Crippen LogP contribution in [0.25, 0.3) is 5.57 Å². The Morgan fingerprint density at radius 3 is 2.40 bits per heavy atom. The van der Waals surface area contributed by atoms with Crippen molar-refractivity contribution in [3.63, 3.8) is 0 Å². The summed E-state index contributed by atoms with van der Waals surface area (Å²) in [7, 11) is 1.64. The molecule has 0 amide bonds. The van der Waals surface area contributed by atoms with E-state index in [1.165, 1.54) is 6.08 Å². The summed E-state index contributed by atoms with van der Waals surface area (Å²) in [4.78, 5) is 10.2. The Balaban J connectivity index is 2.93. The fourth-order valence-electron chi connectivity index (χ4n) is 1.29. The summed E-state index contributed by atoms with van der Waals surface area (Å²) >= 11 is 0. The number of hydrogen-bond donors (Lipinski definition) is 0. The second-order valence-electron chi connectivity index (χ2n) is 2.97. The molecule has 2 nitrogen and oxygen atoms in total. The van der Waals surface area contributed by atoms with Crippen LogP contribution in [0, 0.1) is 0 Å². The molecule has 0 saturated heterocycles. The van der Waals surface area contributed by atoms with Crippen LogP contribution in [0.5, 0.6) is 5.75 Å². The lowest BCUT2D eigenvalue weighted by atomic mass is 10.1. The van der Waals surface area contributed by atoms with Gasteiger partial charge in [-0.25, -0.2) is 0 Å². The van der Waals surface area contributed by atoms with Crippen molar-refractivity contribution in [2.45, 2.75) is 6.92 Å². The molecule has 0 N–H and O–H groups in total. The highest BCUT2D eigenvalue weighted by Crippen LogP contribution is 2.19. The summed E-state index contributed by atoms with van der Waals surface area (Å²) in [6.45, 7) is 1.94. The van der Waals surface area contributed by atoms with Crippen molar-refractivity contribution in [1.82, 2.24) is 0 Å². The van der Waals surface area contributed by atoms with E-state index < -0.39 is 0 Å². The first-order valence-corrected chi connectivity index (χ1v) is 4.74. The third-order valence-corrected chi connectivity index (χ3v) is 2.09. The molecule has 0 aliphatic heterocycles. The van der Waals surface area contributed by atoms with Crippen molar-refractivity contribution in [3.05, 3.63) is 48.1 Å². The van der Waals surface area contributed by atoms with Crippen molar-refractivity contribution < 1.29 is 9.53 Å². The lowest BCUT2D eigenvalue weighted by molar-refractivity contribution is -0.104. The topological polar surface area (TPSA) is 26.3 Å². The van der Waals surface area contributed by atoms with E-state index in [-0.39, 0.29) is 0 Å². The van der Waals surface area contributed by atoms with Gasteiger partial charge in [-0.3, -0.25) is 4.79 Å². The Morgan fingerprint density at radius 2 is 1.93 bits per heavy atom. The van der Waals surface area contributed by atoms with Gasteiger partial charge in [0, 0.05) is 0 Å². The van der Waals surface area contributed by atoms with Crippen LogP contribution in [0.4, 0.5) is 0 Å². The van der Waals surface area contributed by atoms with E-state index >= 15 is 0 Å². The standard InChI is InChI=1S/C13H14O2/c1-3-11(5-4-10-14)12-6-8-13(15-2)9-7-12/h3-10H,1-2H3/b5-4+,11-3+. The second-order valence-corrected chi connectivity index (χ2v) is 2.97. The van der Waals surface area contributed by atoms with Gasteiger partial charge in [0.15, 0.2) is 0 Å². The van der Waals surface area contributed by atoms with Gasteiger partial charge in [0.1, 0.15) is 12.0 Å². The number of methoxy groups -OCH3 is 1. The van der Waals surface area contributed by atoms with Crippen molar-refractivity contribution in [3.8, 4) is 5.75 Å². The van der Waals surface area contributed by atoms with Crippen LogP contribution in [-0.2, 0) is 4.79 Å². The molecule has 0 heterocycles. The first kappa shape index (κ1) is 11.2. The van der Waals surface area contributed by atoms with Gasteiger partial charge in [0.05, 0.1) is 7.11 Å². The molecule has 1 aromatic carbocycles. The molecule has 0 saturated carbocycles. The Kier molecular flexibility index (Phi) is 4.35. The Morgan fingerprint density at radius 1 is 1.27 bits per heavy atom. The number of hydrogen-bond acceptors (Lipinski definition) is 2. The van der Waals surface area contributed by atoms with Gasteiger partial charge in [-0.2, -0.15) is 0 Å². The predicted molar refractivity (Wildman–Crippen MR) is 61.8 cm³/mol. The van der Waals surface area contributed by atoms with E-state index in [1.54, 1.807) is 13.2 Å². The molecule has 0 fully saturated rings. The van der Waals surface area contributed by atoms with Crippen molar-refractivity contribution in [2.75, 3.05) is 7.11 Å². The lowest BCUT2D eigenvalue weighted by Crippen LogP contribution is -1.84. The van der Waals surface area contributed by atoms with Gasteiger partial charge in [0.2, 0.25) is 0 Å². The molecule has 15 heavy (non-hydrogen) atoms. The summed E-state index contributed by atoms with van der Waals surface area (Å²) < 4.78 is 5.07. The molecule has 0 aromatic heterocycles. The SMILES string of the molecule is C/C=C(\C=C\C=O)c1ccc(OC)cc1. The van der Waals surface area contributed by atoms with Crippen LogP contribution < -0.4 is 4.74 Å². The zero-order chi connectivity index (χ0) is 11.1. The minimum absolute atomic E-state index is 0.771. The van der Waals surface area contributed by atoms with Crippen molar-refractivity contribution in [1.29, 1.82) is 0 Å². The summed E-state index contributed by atoms with van der Waals surface area (Å²) in [5, 5.41) is 0. The Hall–Kier alpha value is -1.83. The largest absolute Gasteiger partial charge is 0.497 e. The predicted octanol–water partition coefficient (Wildman–Crippen LogP) is 2.85. The van der Waals surface area contributed by atoms with Gasteiger partial charge in [0.25, 0.3) is 0 Å². The number of benzene rings is 1. The van der Waals surface area contributed by atoms with Crippen LogP contribution in [-0.4, -0.2) is 13.4 Å². The minimum atomic E-state index is 0.771. The first-order valence-electron chi connectivity index (χ1n) is 4.74. The van der Waals surface area contributed by atoms with Crippen LogP contribution in [0.15, 0.2) is 42.5 Å². The smallest absolute Gasteiger partial charge is 0.142 e. The van der Waals surface area contributed by atoms with Crippen LogP contribution in [0.2, 0.25) is 0 Å². The number of ether oxygens (including phenoxy) is 1. The van der Waals surface area contributed by atoms with Crippen LogP contribution in [0.1, 0.15) is 12.5 Å². The monoisotopic (exact) mass is 202 g/mol. The van der Waals surface area contributed by atoms with Crippen molar-refractivity contribution >= 4 is 11.9 Å². The summed E-state index contributed by atoms with van der Waals surface area (Å²) in [5.41, 5.74) is 2.08. The molecule has 1 aromatic rings. The summed E-state index contributed by atoms with van der Waals surface area (Å²) in [5.74, 6) is 0.827. The zero-order valence-electron chi connectivity index (χ0n) is 8.94. The van der Waals surface area contributed by atoms with Gasteiger partial charge in [-0.15, -0.1) is 0 Å². The number of aldehydes is 1. The lowest BCUT2D eigenvalue weighted by Gasteiger charge is -2.03. The molecule has 0 aliphatic carbocycles. The quantitative estimate of drug-likeness (QED) is 0.426. The first-order chi connectivity index (χ1) is 7.31. The normalized spacial score (nSPS) is 11.7. The van der Waals surface area contributed by atoms with E-state index in [4.69, 9.17) is 4.74 Å². The number of carbonyl (C=O) groups excluding carboxylic acids is 1. The molecule has 0 atom stereocenters. The fourth-order valence-corrected chi connectivity index (χ4v) is 1.29. The fraction of sp³-hybridized carbons (Fsp3) is 0.154. The maximum atomic E-state index is 10.2. The molecule has 1 rings (SSSR count). The van der Waals surface area contributed by atoms with Crippen LogP contribution >= 0.6 is 0 Å². The van der Waals surface area contributed by atoms with Gasteiger partial charge in [-0.05, 0) is 36.3 Å². The molecule has 0 radical (unpaired) electrons. The van der Waals surface area contributed by atoms with E-state index in [2.05, 4.69) is 0 Å². The molecule has 0 unspecified atom stereocenters. The minimum Gasteiger partial charge on any atom is -0.497 e. The summed E-state index contributed by atoms with van der Waals surface area (Å²) in [6, 6.07) is 7.72. The van der Waals surface area contributed by atoms with Gasteiger partial charge < -0.3 is 4.74 Å². The number of allylic oxidation sites excluding steroid dienone is 4. The van der Waals surface area contributed by atoms with E-state index in [9.17, 15) is 4.79 Å². The Labute approximate surface area is 89.9 Å². The van der Waals surface area contributed by atoms with Crippen molar-refractivity contribution in [2.24, 2.45) is 0 Å². The second kappa shape index (κ2) is 5.81. The van der Waals surface area contributed by atoms with E-state index in [0.29, 0.717) is 0 Å². The number of rotatable bonds is 4. The highest BCUT2D eigenvalue weighted by molar-refractivity contribution is 5.79. The van der Waals surface area contributed by atoms with Gasteiger partial charge in [-0.1, -0.05) is 24.3 Å². The molecular formula is C13H14O2. The Bertz CT molecular complexity index is 372. The molecule has 2 heteroatoms. The average molecular weight is 202 g/mol. The highest BCUT2D eigenvalue weighted by atomic mass is 16.5. The summed E-state index contributed by atoms with van der Waals surface area (Å²) in [6.07, 6.45) is 6.00. The third-order valence-electron chi connectivity index (χ3n) is 2.09. The number of carbonyl (C=O) groups is 1. The van der Waals surface area contributed by atoms with E-state index in [1.807, 2.05) is 37.3 Å². The molecule has 78 valence electrons. The highest BCUT2D eigenvalue weighted by Gasteiger charge is 1.96. The maximum Gasteiger partial charge on any atom is 0.142 e. The molecule has 0 spiro atoms. The van der Waals surface area contributed by atoms with E-state index in [0.717, 1.165) is 23.2 Å².